The van der Waals surface area contributed by atoms with Gasteiger partial charge in [-0.25, -0.2) is 0 Å². The summed E-state index contributed by atoms with van der Waals surface area (Å²) in [5.74, 6) is 0. The van der Waals surface area contributed by atoms with E-state index in [-0.39, 0.29) is 0 Å². The Bertz CT molecular complexity index is 2590. The van der Waals surface area contributed by atoms with E-state index in [1.54, 1.807) is 24.3 Å². The van der Waals surface area contributed by atoms with Gasteiger partial charge in [-0.3, -0.25) is 0 Å². The second-order valence-corrected chi connectivity index (χ2v) is 15.2. The van der Waals surface area contributed by atoms with Crippen molar-refractivity contribution in [2.24, 2.45) is 20.0 Å². The molecule has 0 saturated carbocycles. The Morgan fingerprint density at radius 1 is 0.353 bits per heavy atom. The molecule has 4 aromatic rings. The molecule has 0 aliphatic heterocycles. The van der Waals surface area contributed by atoms with Crippen molar-refractivity contribution >= 4 is 56.7 Å². The van der Waals surface area contributed by atoms with Gasteiger partial charge in [0.05, 0.1) is 22.8 Å². The summed E-state index contributed by atoms with van der Waals surface area (Å²) in [7, 11) is 17.9. The number of aliphatic hydroxyl groups excluding tert-OH is 2. The van der Waals surface area contributed by atoms with Crippen LogP contribution < -0.4 is 19.6 Å². The number of aliphatic imine (C=N–C) groups is 4. The second kappa shape index (κ2) is 27.4. The highest BCUT2D eigenvalue weighted by atomic mass is 16.2. The lowest BCUT2D eigenvalue weighted by Gasteiger charge is -2.18. The third-order valence-corrected chi connectivity index (χ3v) is 10.1. The van der Waals surface area contributed by atoms with Crippen LogP contribution in [0.1, 0.15) is 22.3 Å². The van der Waals surface area contributed by atoms with Crippen molar-refractivity contribution in [2.75, 3.05) is 90.2 Å². The van der Waals surface area contributed by atoms with Crippen molar-refractivity contribution in [3.05, 3.63) is 179 Å². The molecule has 2 aliphatic carbocycles. The summed E-state index contributed by atoms with van der Waals surface area (Å²) >= 11 is 0. The molecule has 6 rings (SSSR count). The van der Waals surface area contributed by atoms with Gasteiger partial charge in [-0.2, -0.15) is 41.0 Å². The van der Waals surface area contributed by atoms with E-state index < -0.39 is 0 Å². The number of aliphatic hydroxyl groups is 2. The second-order valence-electron chi connectivity index (χ2n) is 15.2. The van der Waals surface area contributed by atoms with Gasteiger partial charge in [0.1, 0.15) is 0 Å². The lowest BCUT2D eigenvalue weighted by atomic mass is 9.89. The van der Waals surface area contributed by atoms with E-state index >= 15 is 0 Å². The highest BCUT2D eigenvalue weighted by molar-refractivity contribution is 6.34. The van der Waals surface area contributed by atoms with E-state index in [9.17, 15) is 10.5 Å². The van der Waals surface area contributed by atoms with Crippen LogP contribution in [0.15, 0.2) is 177 Å². The zero-order valence-electron chi connectivity index (χ0n) is 40.1. The third-order valence-electron chi connectivity index (χ3n) is 10.1. The number of nitrogens with zero attached hydrogens (tertiary/aromatic N) is 12. The summed E-state index contributed by atoms with van der Waals surface area (Å²) < 4.78 is 0. The first-order chi connectivity index (χ1) is 32.9. The first kappa shape index (κ1) is 53.4. The number of benzene rings is 4. The SMILES string of the molecule is CN(C)c1ccc(C(=NC#N)C(=C2C=CC(=NC#N)C=C2)c2ccc(N(C)C)cc2)cc1.CN(C)c1ccc(C(=NC#N)C(=C2C=CC(=NC#N)C=C2)c2ccc(N(C)C)cc2)cc1.CO.CO. The normalized spacial score (nSPS) is 12.2. The molecule has 0 atom stereocenters. The molecule has 0 amide bonds. The maximum atomic E-state index is 9.50. The largest absolute Gasteiger partial charge is 0.400 e. The molecule has 14 nitrogen and oxygen atoms in total. The van der Waals surface area contributed by atoms with Gasteiger partial charge in [-0.1, -0.05) is 72.8 Å². The van der Waals surface area contributed by atoms with E-state index in [1.807, 2.05) is 222 Å². The molecule has 0 unspecified atom stereocenters. The number of nitriles is 4. The van der Waals surface area contributed by atoms with Gasteiger partial charge in [0.2, 0.25) is 24.8 Å². The van der Waals surface area contributed by atoms with Crippen LogP contribution in [0.25, 0.3) is 11.1 Å². The fraction of sp³-hybridized carbons (Fsp3) is 0.185. The number of allylic oxidation sites excluding steroid dienone is 12. The van der Waals surface area contributed by atoms with Crippen LogP contribution in [-0.2, 0) is 0 Å². The molecule has 14 heteroatoms. The average molecular weight is 905 g/mol. The molecule has 2 N–H and O–H groups in total. The third kappa shape index (κ3) is 14.5. The van der Waals surface area contributed by atoms with Gasteiger partial charge < -0.3 is 29.8 Å². The standard InChI is InChI=1S/2C26H24N6.2CH4O/c2*1-31(2)23-13-7-20(8-14-23)25(19-5-11-22(12-6-19)29-17-27)26(30-18-28)21-9-15-24(16-10-21)32(3)4;2*1-2/h2*5-16H,1-4H3;2*2H,1H3. The predicted molar refractivity (Wildman–Crippen MR) is 280 cm³/mol. The van der Waals surface area contributed by atoms with E-state index in [0.29, 0.717) is 22.8 Å². The quantitative estimate of drug-likeness (QED) is 0.115. The van der Waals surface area contributed by atoms with Crippen molar-refractivity contribution in [1.29, 1.82) is 21.0 Å². The van der Waals surface area contributed by atoms with Crippen molar-refractivity contribution in [3.63, 3.8) is 0 Å². The van der Waals surface area contributed by atoms with Crippen molar-refractivity contribution in [3.8, 4) is 24.8 Å². The van der Waals surface area contributed by atoms with E-state index in [1.165, 1.54) is 0 Å². The summed E-state index contributed by atoms with van der Waals surface area (Å²) in [6, 6.07) is 32.2. The zero-order chi connectivity index (χ0) is 50.2. The first-order valence-corrected chi connectivity index (χ1v) is 21.0. The molecule has 0 fully saturated rings. The van der Waals surface area contributed by atoms with Crippen molar-refractivity contribution in [2.45, 2.75) is 0 Å². The Hall–Kier alpha value is -8.92. The Morgan fingerprint density at radius 2 is 0.588 bits per heavy atom. The van der Waals surface area contributed by atoms with Crippen LogP contribution in [0.2, 0.25) is 0 Å². The lowest BCUT2D eigenvalue weighted by Crippen LogP contribution is -2.11. The smallest absolute Gasteiger partial charge is 0.206 e. The summed E-state index contributed by atoms with van der Waals surface area (Å²) in [5, 5.41) is 50.7. The Morgan fingerprint density at radius 3 is 0.794 bits per heavy atom. The molecule has 0 bridgehead atoms. The molecule has 0 saturated heterocycles. The molecule has 0 heterocycles. The molecular weight excluding hydrogens is 849 g/mol. The van der Waals surface area contributed by atoms with Gasteiger partial charge in [-0.15, -0.1) is 0 Å². The Balaban J connectivity index is 0.000000336. The van der Waals surface area contributed by atoms with Gasteiger partial charge in [-0.05, 0) is 95.1 Å². The fourth-order valence-electron chi connectivity index (χ4n) is 6.72. The van der Waals surface area contributed by atoms with Gasteiger partial charge >= 0.3 is 0 Å². The molecular formula is C54H56N12O2. The van der Waals surface area contributed by atoms with Crippen molar-refractivity contribution < 1.29 is 10.2 Å². The van der Waals surface area contributed by atoms with Crippen LogP contribution in [-0.4, -0.2) is 104 Å². The van der Waals surface area contributed by atoms with Crippen LogP contribution in [0.5, 0.6) is 0 Å². The number of anilines is 4. The maximum absolute atomic E-state index is 9.50. The van der Waals surface area contributed by atoms with E-state index in [2.05, 4.69) is 20.0 Å². The summed E-state index contributed by atoms with van der Waals surface area (Å²) in [5.41, 5.74) is 13.6. The van der Waals surface area contributed by atoms with Crippen LogP contribution in [0, 0.1) is 45.8 Å². The van der Waals surface area contributed by atoms with Crippen LogP contribution in [0.3, 0.4) is 0 Å². The maximum Gasteiger partial charge on any atom is 0.206 e. The predicted octanol–water partition coefficient (Wildman–Crippen LogP) is 8.40. The zero-order valence-corrected chi connectivity index (χ0v) is 40.1. The summed E-state index contributed by atoms with van der Waals surface area (Å²) in [6.07, 6.45) is 22.3. The van der Waals surface area contributed by atoms with Gasteiger partial charge in [0.15, 0.2) is 0 Å². The highest BCUT2D eigenvalue weighted by Crippen LogP contribution is 2.31. The average Bonchev–Trinajstić information content (AvgIpc) is 3.36. The lowest BCUT2D eigenvalue weighted by molar-refractivity contribution is 0.399. The van der Waals surface area contributed by atoms with Crippen LogP contribution in [0.4, 0.5) is 22.7 Å². The number of hydrogen-bond donors (Lipinski definition) is 2. The minimum Gasteiger partial charge on any atom is -0.400 e. The van der Waals surface area contributed by atoms with Crippen molar-refractivity contribution in [1.82, 2.24) is 0 Å². The molecule has 0 aromatic heterocycles. The number of rotatable bonds is 10. The van der Waals surface area contributed by atoms with Gasteiger partial charge in [0, 0.05) is 116 Å². The first-order valence-electron chi connectivity index (χ1n) is 21.0. The Labute approximate surface area is 400 Å². The van der Waals surface area contributed by atoms with E-state index in [4.69, 9.17) is 20.7 Å². The minimum atomic E-state index is 0.577. The molecule has 0 radical (unpaired) electrons. The summed E-state index contributed by atoms with van der Waals surface area (Å²) in [4.78, 5) is 24.1. The number of hydrogen-bond acceptors (Lipinski definition) is 14. The Kier molecular flexibility index (Phi) is 21.5. The van der Waals surface area contributed by atoms with Crippen LogP contribution >= 0.6 is 0 Å². The monoisotopic (exact) mass is 904 g/mol. The summed E-state index contributed by atoms with van der Waals surface area (Å²) in [6.45, 7) is 0. The molecule has 344 valence electrons. The molecule has 0 spiro atoms. The highest BCUT2D eigenvalue weighted by Gasteiger charge is 2.20. The topological polar surface area (TPSA) is 198 Å². The fourth-order valence-corrected chi connectivity index (χ4v) is 6.72. The molecule has 4 aromatic carbocycles. The molecule has 68 heavy (non-hydrogen) atoms. The molecule has 2 aliphatic rings. The van der Waals surface area contributed by atoms with E-state index in [0.717, 1.165) is 81.5 Å². The van der Waals surface area contributed by atoms with Gasteiger partial charge in [0.25, 0.3) is 0 Å². The minimum absolute atomic E-state index is 0.577.